The average molecular weight is 291 g/mol. The summed E-state index contributed by atoms with van der Waals surface area (Å²) >= 11 is 0. The molecule has 0 radical (unpaired) electrons. The number of nitrogens with zero attached hydrogens (tertiary/aromatic N) is 3. The molecule has 1 fully saturated rings. The Morgan fingerprint density at radius 2 is 2.05 bits per heavy atom. The Labute approximate surface area is 126 Å². The minimum atomic E-state index is -0.0363. The van der Waals surface area contributed by atoms with Crippen LogP contribution in [0.15, 0.2) is 4.42 Å². The second-order valence-corrected chi connectivity index (χ2v) is 6.66. The molecule has 1 aromatic rings. The Bertz CT molecular complexity index is 516. The average Bonchev–Trinajstić information content (AvgIpc) is 2.88. The quantitative estimate of drug-likeness (QED) is 0.838. The fraction of sp³-hybridized carbons (Fsp3) is 0.750. The molecule has 5 heteroatoms. The molecule has 2 atom stereocenters. The first-order valence-electron chi connectivity index (χ1n) is 8.07. The highest BCUT2D eigenvalue weighted by Gasteiger charge is 2.30. The molecule has 3 rings (SSSR count). The molecule has 0 N–H and O–H groups in total. The highest BCUT2D eigenvalue weighted by Crippen LogP contribution is 2.24. The van der Waals surface area contributed by atoms with Crippen molar-refractivity contribution in [2.45, 2.75) is 40.2 Å². The van der Waals surface area contributed by atoms with E-state index in [-0.39, 0.29) is 5.91 Å². The molecular formula is C16H25N3O2. The number of piperidine rings is 1. The van der Waals surface area contributed by atoms with Crippen molar-refractivity contribution in [1.82, 2.24) is 14.8 Å². The minimum absolute atomic E-state index is 0.0363. The van der Waals surface area contributed by atoms with Crippen molar-refractivity contribution in [3.63, 3.8) is 0 Å². The van der Waals surface area contributed by atoms with E-state index in [0.29, 0.717) is 17.7 Å². The van der Waals surface area contributed by atoms with Crippen LogP contribution >= 0.6 is 0 Å². The first kappa shape index (κ1) is 14.6. The molecule has 0 aliphatic carbocycles. The van der Waals surface area contributed by atoms with E-state index < -0.39 is 0 Å². The number of oxazole rings is 1. The molecule has 3 heterocycles. The lowest BCUT2D eigenvalue weighted by molar-refractivity contribution is 0.0581. The van der Waals surface area contributed by atoms with E-state index in [0.717, 1.165) is 50.6 Å². The van der Waals surface area contributed by atoms with Crippen LogP contribution < -0.4 is 0 Å². The van der Waals surface area contributed by atoms with E-state index in [1.165, 1.54) is 6.42 Å². The summed E-state index contributed by atoms with van der Waals surface area (Å²) < 4.78 is 5.76. The van der Waals surface area contributed by atoms with Gasteiger partial charge in [0.25, 0.3) is 5.89 Å². The van der Waals surface area contributed by atoms with Gasteiger partial charge in [-0.3, -0.25) is 9.69 Å². The number of amides is 1. The largest absolute Gasteiger partial charge is 0.437 e. The van der Waals surface area contributed by atoms with E-state index in [4.69, 9.17) is 4.42 Å². The predicted molar refractivity (Wildman–Crippen MR) is 80.0 cm³/mol. The van der Waals surface area contributed by atoms with Crippen LogP contribution in [0.2, 0.25) is 0 Å². The van der Waals surface area contributed by atoms with Gasteiger partial charge in [-0.05, 0) is 24.8 Å². The number of carbonyl (C=O) groups is 1. The zero-order valence-electron chi connectivity index (χ0n) is 13.3. The Morgan fingerprint density at radius 1 is 1.33 bits per heavy atom. The van der Waals surface area contributed by atoms with Gasteiger partial charge in [-0.2, -0.15) is 0 Å². The SMILES string of the molecule is CCN1CCc2oc(C(=O)N3C[C@H](C)C[C@@H](C)C3)nc2C1. The summed E-state index contributed by atoms with van der Waals surface area (Å²) in [6.45, 7) is 11.0. The summed E-state index contributed by atoms with van der Waals surface area (Å²) in [5.41, 5.74) is 0.949. The number of fused-ring (bicyclic) bond motifs is 1. The molecule has 2 aliphatic heterocycles. The normalized spacial score (nSPS) is 26.7. The van der Waals surface area contributed by atoms with Crippen molar-refractivity contribution >= 4 is 5.91 Å². The molecular weight excluding hydrogens is 266 g/mol. The van der Waals surface area contributed by atoms with Gasteiger partial charge in [-0.15, -0.1) is 0 Å². The lowest BCUT2D eigenvalue weighted by Crippen LogP contribution is -2.42. The lowest BCUT2D eigenvalue weighted by Gasteiger charge is -2.34. The van der Waals surface area contributed by atoms with Gasteiger partial charge >= 0.3 is 5.91 Å². The Kier molecular flexibility index (Phi) is 4.02. The summed E-state index contributed by atoms with van der Waals surface area (Å²) in [6, 6.07) is 0. The van der Waals surface area contributed by atoms with Crippen LogP contribution in [0, 0.1) is 11.8 Å². The number of rotatable bonds is 2. The van der Waals surface area contributed by atoms with Crippen molar-refractivity contribution in [3.8, 4) is 0 Å². The number of likely N-dealkylation sites (tertiary alicyclic amines) is 1. The van der Waals surface area contributed by atoms with Crippen LogP contribution in [0.5, 0.6) is 0 Å². The van der Waals surface area contributed by atoms with Gasteiger partial charge in [-0.1, -0.05) is 20.8 Å². The third kappa shape index (κ3) is 2.98. The number of hydrogen-bond acceptors (Lipinski definition) is 4. The summed E-state index contributed by atoms with van der Waals surface area (Å²) in [5.74, 6) is 2.27. The Morgan fingerprint density at radius 3 is 2.71 bits per heavy atom. The van der Waals surface area contributed by atoms with E-state index in [1.54, 1.807) is 0 Å². The zero-order valence-corrected chi connectivity index (χ0v) is 13.3. The van der Waals surface area contributed by atoms with Crippen LogP contribution in [0.4, 0.5) is 0 Å². The molecule has 0 bridgehead atoms. The standard InChI is InChI=1S/C16H25N3O2/c1-4-18-6-5-14-13(10-18)17-15(21-14)16(20)19-8-11(2)7-12(3)9-19/h11-12H,4-10H2,1-3H3/t11-,12-/m1/s1. The van der Waals surface area contributed by atoms with Gasteiger partial charge in [0.05, 0.1) is 5.69 Å². The molecule has 5 nitrogen and oxygen atoms in total. The molecule has 1 aromatic heterocycles. The van der Waals surface area contributed by atoms with Gasteiger partial charge in [-0.25, -0.2) is 4.98 Å². The lowest BCUT2D eigenvalue weighted by atomic mass is 9.92. The second kappa shape index (κ2) is 5.79. The molecule has 1 amide bonds. The third-order valence-electron chi connectivity index (χ3n) is 4.59. The van der Waals surface area contributed by atoms with Crippen molar-refractivity contribution in [2.75, 3.05) is 26.2 Å². The molecule has 1 saturated heterocycles. The van der Waals surface area contributed by atoms with Crippen molar-refractivity contribution in [2.24, 2.45) is 11.8 Å². The van der Waals surface area contributed by atoms with E-state index in [1.807, 2.05) is 4.90 Å². The highest BCUT2D eigenvalue weighted by atomic mass is 16.4. The van der Waals surface area contributed by atoms with E-state index in [2.05, 4.69) is 30.7 Å². The van der Waals surface area contributed by atoms with Gasteiger partial charge in [0.15, 0.2) is 0 Å². The summed E-state index contributed by atoms with van der Waals surface area (Å²) in [4.78, 5) is 21.3. The molecule has 0 saturated carbocycles. The maximum atomic E-state index is 12.6. The first-order valence-corrected chi connectivity index (χ1v) is 8.07. The number of hydrogen-bond donors (Lipinski definition) is 0. The van der Waals surface area contributed by atoms with E-state index in [9.17, 15) is 4.79 Å². The van der Waals surface area contributed by atoms with Crippen LogP contribution in [-0.4, -0.2) is 46.9 Å². The van der Waals surface area contributed by atoms with Crippen molar-refractivity contribution in [3.05, 3.63) is 17.3 Å². The van der Waals surface area contributed by atoms with E-state index >= 15 is 0 Å². The predicted octanol–water partition coefficient (Wildman–Crippen LogP) is 2.17. The summed E-state index contributed by atoms with van der Waals surface area (Å²) in [5, 5.41) is 0. The summed E-state index contributed by atoms with van der Waals surface area (Å²) in [6.07, 6.45) is 2.05. The van der Waals surface area contributed by atoms with Gasteiger partial charge in [0.1, 0.15) is 5.76 Å². The molecule has 0 spiro atoms. The van der Waals surface area contributed by atoms with Crippen LogP contribution in [0.1, 0.15) is 49.3 Å². The maximum absolute atomic E-state index is 12.6. The Hall–Kier alpha value is -1.36. The van der Waals surface area contributed by atoms with Gasteiger partial charge in [0.2, 0.25) is 0 Å². The molecule has 0 unspecified atom stereocenters. The monoisotopic (exact) mass is 291 g/mol. The fourth-order valence-corrected chi connectivity index (χ4v) is 3.58. The molecule has 116 valence electrons. The van der Waals surface area contributed by atoms with Crippen LogP contribution in [-0.2, 0) is 13.0 Å². The highest BCUT2D eigenvalue weighted by molar-refractivity contribution is 5.89. The number of likely N-dealkylation sites (N-methyl/N-ethyl adjacent to an activating group) is 1. The third-order valence-corrected chi connectivity index (χ3v) is 4.59. The van der Waals surface area contributed by atoms with Crippen molar-refractivity contribution in [1.29, 1.82) is 0 Å². The number of carbonyl (C=O) groups excluding carboxylic acids is 1. The smallest absolute Gasteiger partial charge is 0.309 e. The molecule has 21 heavy (non-hydrogen) atoms. The molecule has 2 aliphatic rings. The van der Waals surface area contributed by atoms with Gasteiger partial charge < -0.3 is 9.32 Å². The zero-order chi connectivity index (χ0) is 15.0. The fourth-order valence-electron chi connectivity index (χ4n) is 3.58. The maximum Gasteiger partial charge on any atom is 0.309 e. The topological polar surface area (TPSA) is 49.6 Å². The second-order valence-electron chi connectivity index (χ2n) is 6.66. The Balaban J connectivity index is 1.75. The molecule has 0 aromatic carbocycles. The van der Waals surface area contributed by atoms with Gasteiger partial charge in [0, 0.05) is 32.6 Å². The van der Waals surface area contributed by atoms with Crippen molar-refractivity contribution < 1.29 is 9.21 Å². The summed E-state index contributed by atoms with van der Waals surface area (Å²) in [7, 11) is 0. The minimum Gasteiger partial charge on any atom is -0.437 e. The number of aromatic nitrogens is 1. The van der Waals surface area contributed by atoms with Crippen LogP contribution in [0.3, 0.4) is 0 Å². The van der Waals surface area contributed by atoms with Crippen LogP contribution in [0.25, 0.3) is 0 Å². The first-order chi connectivity index (χ1) is 10.1.